The number of carbonyl (C=O) groups is 2. The van der Waals surface area contributed by atoms with Crippen LogP contribution in [-0.4, -0.2) is 34.7 Å². The summed E-state index contributed by atoms with van der Waals surface area (Å²) in [4.78, 5) is 41.9. The SMILES string of the molecule is COC(=O)c1c(SCC(=O)N[C@H](C)c2ccccc2Cl)nc(=O)[nH]c1C. The molecule has 0 radical (unpaired) electrons. The Morgan fingerprint density at radius 1 is 1.38 bits per heavy atom. The predicted molar refractivity (Wildman–Crippen MR) is 99.7 cm³/mol. The van der Waals surface area contributed by atoms with E-state index >= 15 is 0 Å². The molecule has 1 aromatic heterocycles. The summed E-state index contributed by atoms with van der Waals surface area (Å²) in [5.74, 6) is -0.925. The highest BCUT2D eigenvalue weighted by molar-refractivity contribution is 8.00. The molecule has 0 aliphatic heterocycles. The van der Waals surface area contributed by atoms with Crippen molar-refractivity contribution in [3.8, 4) is 0 Å². The number of benzene rings is 1. The number of aromatic amines is 1. The van der Waals surface area contributed by atoms with E-state index in [4.69, 9.17) is 16.3 Å². The van der Waals surface area contributed by atoms with Gasteiger partial charge in [-0.1, -0.05) is 41.6 Å². The molecule has 0 unspecified atom stereocenters. The molecule has 0 spiro atoms. The molecule has 1 amide bonds. The topological polar surface area (TPSA) is 101 Å². The molecule has 1 heterocycles. The number of ether oxygens (including phenoxy) is 1. The lowest BCUT2D eigenvalue weighted by Crippen LogP contribution is -2.28. The number of nitrogens with one attached hydrogen (secondary N) is 2. The van der Waals surface area contributed by atoms with Crippen LogP contribution in [0.5, 0.6) is 0 Å². The molecule has 0 aliphatic carbocycles. The van der Waals surface area contributed by atoms with E-state index in [9.17, 15) is 14.4 Å². The highest BCUT2D eigenvalue weighted by Crippen LogP contribution is 2.24. The highest BCUT2D eigenvalue weighted by atomic mass is 35.5. The Morgan fingerprint density at radius 2 is 2.08 bits per heavy atom. The Balaban J connectivity index is 2.09. The van der Waals surface area contributed by atoms with Crippen molar-refractivity contribution < 1.29 is 14.3 Å². The first-order valence-corrected chi connectivity index (χ1v) is 9.05. The second kappa shape index (κ2) is 8.86. The van der Waals surface area contributed by atoms with Gasteiger partial charge in [0.2, 0.25) is 5.91 Å². The molecular formula is C17H18ClN3O4S. The fraction of sp³-hybridized carbons (Fsp3) is 0.294. The molecule has 1 aromatic carbocycles. The van der Waals surface area contributed by atoms with Crippen molar-refractivity contribution in [1.82, 2.24) is 15.3 Å². The van der Waals surface area contributed by atoms with Crippen LogP contribution < -0.4 is 11.0 Å². The molecule has 7 nitrogen and oxygen atoms in total. The molecule has 0 fully saturated rings. The molecule has 0 bridgehead atoms. The number of aromatic nitrogens is 2. The van der Waals surface area contributed by atoms with E-state index in [0.29, 0.717) is 10.7 Å². The lowest BCUT2D eigenvalue weighted by molar-refractivity contribution is -0.119. The third kappa shape index (κ3) is 4.86. The van der Waals surface area contributed by atoms with E-state index in [2.05, 4.69) is 15.3 Å². The van der Waals surface area contributed by atoms with Crippen LogP contribution in [0.1, 0.15) is 34.6 Å². The van der Waals surface area contributed by atoms with Gasteiger partial charge in [0.15, 0.2) is 0 Å². The quantitative estimate of drug-likeness (QED) is 0.442. The molecule has 26 heavy (non-hydrogen) atoms. The van der Waals surface area contributed by atoms with Crippen molar-refractivity contribution in [3.05, 3.63) is 56.6 Å². The van der Waals surface area contributed by atoms with Gasteiger partial charge >= 0.3 is 11.7 Å². The van der Waals surface area contributed by atoms with Crippen molar-refractivity contribution in [3.63, 3.8) is 0 Å². The fourth-order valence-corrected chi connectivity index (χ4v) is 3.51. The third-order valence-electron chi connectivity index (χ3n) is 3.57. The zero-order valence-electron chi connectivity index (χ0n) is 14.5. The first-order valence-electron chi connectivity index (χ1n) is 7.69. The maximum atomic E-state index is 12.2. The van der Waals surface area contributed by atoms with Crippen molar-refractivity contribution in [2.24, 2.45) is 0 Å². The zero-order chi connectivity index (χ0) is 19.3. The number of methoxy groups -OCH3 is 1. The van der Waals surface area contributed by atoms with Gasteiger partial charge in [0.25, 0.3) is 0 Å². The fourth-order valence-electron chi connectivity index (χ4n) is 2.33. The van der Waals surface area contributed by atoms with Gasteiger partial charge in [-0.05, 0) is 25.5 Å². The molecule has 0 saturated carbocycles. The Kier molecular flexibility index (Phi) is 6.82. The van der Waals surface area contributed by atoms with Crippen molar-refractivity contribution >= 4 is 35.2 Å². The number of rotatable bonds is 6. The summed E-state index contributed by atoms with van der Waals surface area (Å²) in [7, 11) is 1.24. The number of aryl methyl sites for hydroxylation is 1. The predicted octanol–water partition coefficient (Wildman–Crippen LogP) is 2.49. The van der Waals surface area contributed by atoms with Crippen LogP contribution in [0.2, 0.25) is 5.02 Å². The minimum absolute atomic E-state index is 0.0192. The van der Waals surface area contributed by atoms with Crippen molar-refractivity contribution in [2.45, 2.75) is 24.9 Å². The normalized spacial score (nSPS) is 11.7. The van der Waals surface area contributed by atoms with E-state index in [-0.39, 0.29) is 28.3 Å². The zero-order valence-corrected chi connectivity index (χ0v) is 16.0. The largest absolute Gasteiger partial charge is 0.465 e. The summed E-state index contributed by atoms with van der Waals surface area (Å²) in [6.45, 7) is 3.39. The number of amides is 1. The van der Waals surface area contributed by atoms with E-state index in [1.54, 1.807) is 13.0 Å². The smallest absolute Gasteiger partial charge is 0.346 e. The van der Waals surface area contributed by atoms with Crippen LogP contribution in [-0.2, 0) is 9.53 Å². The number of thioether (sulfide) groups is 1. The van der Waals surface area contributed by atoms with Gasteiger partial charge < -0.3 is 15.0 Å². The van der Waals surface area contributed by atoms with Gasteiger partial charge in [0.1, 0.15) is 10.6 Å². The Morgan fingerprint density at radius 3 is 2.73 bits per heavy atom. The first kappa shape index (κ1) is 20.0. The van der Waals surface area contributed by atoms with Gasteiger partial charge in [0, 0.05) is 10.7 Å². The summed E-state index contributed by atoms with van der Waals surface area (Å²) in [5.41, 5.74) is 0.684. The minimum atomic E-state index is -0.626. The average Bonchev–Trinajstić information content (AvgIpc) is 2.59. The molecule has 2 N–H and O–H groups in total. The molecule has 2 rings (SSSR count). The summed E-state index contributed by atoms with van der Waals surface area (Å²) in [6, 6.07) is 6.94. The number of nitrogens with zero attached hydrogens (tertiary/aromatic N) is 1. The van der Waals surface area contributed by atoms with E-state index in [0.717, 1.165) is 17.3 Å². The van der Waals surface area contributed by atoms with Crippen LogP contribution in [0.3, 0.4) is 0 Å². The number of hydrogen-bond acceptors (Lipinski definition) is 6. The summed E-state index contributed by atoms with van der Waals surface area (Å²) < 4.78 is 4.71. The average molecular weight is 396 g/mol. The van der Waals surface area contributed by atoms with Gasteiger partial charge in [-0.15, -0.1) is 0 Å². The number of esters is 1. The standard InChI is InChI=1S/C17H18ClN3O4S/c1-9(11-6-4-5-7-12(11)18)19-13(22)8-26-15-14(16(23)25-3)10(2)20-17(24)21-15/h4-7,9H,8H2,1-3H3,(H,19,22)(H,20,21,24)/t9-/m1/s1. The van der Waals surface area contributed by atoms with Crippen LogP contribution in [0, 0.1) is 6.92 Å². The molecule has 2 aromatic rings. The summed E-state index contributed by atoms with van der Waals surface area (Å²) in [6.07, 6.45) is 0. The van der Waals surface area contributed by atoms with Gasteiger partial charge in [-0.3, -0.25) is 4.79 Å². The van der Waals surface area contributed by atoms with E-state index < -0.39 is 11.7 Å². The van der Waals surface area contributed by atoms with Crippen LogP contribution in [0.15, 0.2) is 34.1 Å². The monoisotopic (exact) mass is 395 g/mol. The first-order chi connectivity index (χ1) is 12.3. The molecule has 1 atom stereocenters. The van der Waals surface area contributed by atoms with Crippen LogP contribution >= 0.6 is 23.4 Å². The highest BCUT2D eigenvalue weighted by Gasteiger charge is 2.20. The Bertz CT molecular complexity index is 885. The second-order valence-electron chi connectivity index (χ2n) is 5.44. The lowest BCUT2D eigenvalue weighted by atomic mass is 10.1. The van der Waals surface area contributed by atoms with Crippen molar-refractivity contribution in [2.75, 3.05) is 12.9 Å². The van der Waals surface area contributed by atoms with Crippen LogP contribution in [0.25, 0.3) is 0 Å². The molecular weight excluding hydrogens is 378 g/mol. The molecule has 138 valence electrons. The molecule has 0 saturated heterocycles. The molecule has 9 heteroatoms. The molecule has 0 aliphatic rings. The number of H-pyrrole nitrogens is 1. The van der Waals surface area contributed by atoms with Gasteiger partial charge in [-0.2, -0.15) is 4.98 Å². The minimum Gasteiger partial charge on any atom is -0.465 e. The Labute approximate surface area is 159 Å². The number of halogens is 1. The van der Waals surface area contributed by atoms with Gasteiger partial charge in [0.05, 0.1) is 18.9 Å². The number of carbonyl (C=O) groups excluding carboxylic acids is 2. The second-order valence-corrected chi connectivity index (χ2v) is 6.81. The number of hydrogen-bond donors (Lipinski definition) is 2. The maximum Gasteiger partial charge on any atom is 0.346 e. The van der Waals surface area contributed by atoms with E-state index in [1.165, 1.54) is 7.11 Å². The summed E-state index contributed by atoms with van der Waals surface area (Å²) >= 11 is 7.12. The summed E-state index contributed by atoms with van der Waals surface area (Å²) in [5, 5.41) is 3.54. The van der Waals surface area contributed by atoms with Gasteiger partial charge in [-0.25, -0.2) is 9.59 Å². The van der Waals surface area contributed by atoms with Crippen molar-refractivity contribution in [1.29, 1.82) is 0 Å². The maximum absolute atomic E-state index is 12.2. The van der Waals surface area contributed by atoms with Crippen LogP contribution in [0.4, 0.5) is 0 Å². The van der Waals surface area contributed by atoms with E-state index in [1.807, 2.05) is 25.1 Å². The third-order valence-corrected chi connectivity index (χ3v) is 4.88. The Hall–Kier alpha value is -2.32. The lowest BCUT2D eigenvalue weighted by Gasteiger charge is -2.15.